The summed E-state index contributed by atoms with van der Waals surface area (Å²) in [6.07, 6.45) is 4.91. The molecule has 0 fully saturated rings. The van der Waals surface area contributed by atoms with E-state index in [0.29, 0.717) is 28.1 Å². The maximum absolute atomic E-state index is 12.7. The number of carbonyl (C=O) groups is 2. The van der Waals surface area contributed by atoms with Crippen molar-refractivity contribution in [2.24, 2.45) is 16.6 Å². The Kier molecular flexibility index (Phi) is 12.8. The van der Waals surface area contributed by atoms with Gasteiger partial charge in [0.05, 0.1) is 5.70 Å². The molecule has 1 amide bonds. The van der Waals surface area contributed by atoms with E-state index >= 15 is 0 Å². The first-order chi connectivity index (χ1) is 18.1. The molecule has 38 heavy (non-hydrogen) atoms. The van der Waals surface area contributed by atoms with Crippen molar-refractivity contribution in [3.8, 4) is 0 Å². The number of fused-ring (bicyclic) bond motifs is 1. The van der Waals surface area contributed by atoms with Crippen LogP contribution in [0.5, 0.6) is 0 Å². The Labute approximate surface area is 224 Å². The summed E-state index contributed by atoms with van der Waals surface area (Å²) in [4.78, 5) is 23.5. The Balaban J connectivity index is 0.000000682. The van der Waals surface area contributed by atoms with E-state index in [0.717, 1.165) is 5.57 Å². The summed E-state index contributed by atoms with van der Waals surface area (Å²) in [6, 6.07) is 15.4. The summed E-state index contributed by atoms with van der Waals surface area (Å²) in [7, 11) is 1.50. The van der Waals surface area contributed by atoms with Gasteiger partial charge in [0.15, 0.2) is 11.5 Å². The molecule has 9 nitrogen and oxygen atoms in total. The molecular weight excluding hydrogens is 482 g/mol. The van der Waals surface area contributed by atoms with Gasteiger partial charge in [-0.1, -0.05) is 72.3 Å². The maximum Gasteiger partial charge on any atom is 0.322 e. The Morgan fingerprint density at radius 3 is 2.21 bits per heavy atom. The van der Waals surface area contributed by atoms with Crippen LogP contribution in [0.25, 0.3) is 17.2 Å². The number of hydrogen-bond donors (Lipinski definition) is 5. The van der Waals surface area contributed by atoms with Crippen LogP contribution in [0.15, 0.2) is 83.6 Å². The number of aliphatic carboxylic acids is 1. The molecule has 0 unspecified atom stereocenters. The fourth-order valence-corrected chi connectivity index (χ4v) is 3.54. The number of aliphatic hydroxyl groups is 1. The first-order valence-corrected chi connectivity index (χ1v) is 11.9. The first kappa shape index (κ1) is 31.4. The number of aliphatic hydroxyl groups excluding tert-OH is 1. The van der Waals surface area contributed by atoms with Crippen LogP contribution in [0.3, 0.4) is 0 Å². The number of hydrogen-bond acceptors (Lipinski definition) is 7. The summed E-state index contributed by atoms with van der Waals surface area (Å²) in [5, 5.41) is 27.5. The number of aryl methyl sites for hydroxylation is 1. The third kappa shape index (κ3) is 8.21. The second-order valence-electron chi connectivity index (χ2n) is 7.96. The van der Waals surface area contributed by atoms with Gasteiger partial charge in [-0.2, -0.15) is 5.10 Å². The maximum atomic E-state index is 12.7. The lowest BCUT2D eigenvalue weighted by molar-refractivity contribution is -0.137. The Bertz CT molecular complexity index is 1260. The number of carbonyl (C=O) groups excluding carboxylic acids is 1. The molecule has 2 aromatic carbocycles. The molecule has 0 aliphatic carbocycles. The third-order valence-electron chi connectivity index (χ3n) is 5.01. The van der Waals surface area contributed by atoms with E-state index in [2.05, 4.69) is 41.8 Å². The molecular formula is C29H37N5O4. The lowest BCUT2D eigenvalue weighted by atomic mass is 9.90. The quantitative estimate of drug-likeness (QED) is 0.282. The van der Waals surface area contributed by atoms with E-state index in [1.807, 2.05) is 25.1 Å². The number of carboxylic acids is 1. The normalized spacial score (nSPS) is 13.7. The molecule has 0 spiro atoms. The van der Waals surface area contributed by atoms with Crippen LogP contribution >= 0.6 is 0 Å². The molecule has 1 aliphatic rings. The van der Waals surface area contributed by atoms with Gasteiger partial charge in [-0.05, 0) is 40.8 Å². The van der Waals surface area contributed by atoms with Crippen LogP contribution in [-0.4, -0.2) is 46.9 Å². The van der Waals surface area contributed by atoms with Gasteiger partial charge in [0.1, 0.15) is 6.54 Å². The van der Waals surface area contributed by atoms with E-state index in [-0.39, 0.29) is 11.5 Å². The van der Waals surface area contributed by atoms with Crippen LogP contribution in [0.4, 0.5) is 0 Å². The summed E-state index contributed by atoms with van der Waals surface area (Å²) in [5.41, 5.74) is 15.2. The molecule has 0 aromatic heterocycles. The smallest absolute Gasteiger partial charge is 0.322 e. The molecule has 0 atom stereocenters. The number of rotatable bonds is 6. The second kappa shape index (κ2) is 15.5. The predicted molar refractivity (Wildman–Crippen MR) is 155 cm³/mol. The largest absolute Gasteiger partial charge is 0.505 e. The Morgan fingerprint density at radius 1 is 1.11 bits per heavy atom. The number of carboxylic acid groups (broad SMARTS) is 1. The average molecular weight is 520 g/mol. The lowest BCUT2D eigenvalue weighted by Gasteiger charge is -2.32. The van der Waals surface area contributed by atoms with Crippen molar-refractivity contribution in [1.82, 2.24) is 10.3 Å². The zero-order valence-electron chi connectivity index (χ0n) is 22.5. The highest BCUT2D eigenvalue weighted by molar-refractivity contribution is 6.05. The van der Waals surface area contributed by atoms with Gasteiger partial charge in [-0.15, -0.1) is 0 Å². The van der Waals surface area contributed by atoms with Crippen molar-refractivity contribution in [3.63, 3.8) is 0 Å². The minimum absolute atomic E-state index is 0.176. The second-order valence-corrected chi connectivity index (χ2v) is 7.96. The van der Waals surface area contributed by atoms with Gasteiger partial charge in [-0.3, -0.25) is 9.59 Å². The predicted octanol–water partition coefficient (Wildman–Crippen LogP) is 4.24. The molecule has 0 bridgehead atoms. The molecule has 1 heterocycles. The standard InChI is InChI=1S/C21H24N4O4.C7H8.CH5N/c1-5-16-18-13(15(22)10-12(3)4)8-7-9-14(18)20(28)19(25(16)24-6-2)21(29)23-11-17(26)27;1-7-5-3-2-4-6-7;1-2/h5-10,28H,3,11,22H2,1-2,4H3,(H,23,29)(H,26,27);2-6H,1H3;2H2,1H3/b15-10-,16-5+,24-6-;;. The number of amides is 1. The number of benzene rings is 2. The summed E-state index contributed by atoms with van der Waals surface area (Å²) in [5.74, 6) is -2.30. The van der Waals surface area contributed by atoms with E-state index in [1.165, 1.54) is 23.8 Å². The fourth-order valence-electron chi connectivity index (χ4n) is 3.54. The average Bonchev–Trinajstić information content (AvgIpc) is 2.89. The molecule has 2 aromatic rings. The highest BCUT2D eigenvalue weighted by Crippen LogP contribution is 2.40. The zero-order chi connectivity index (χ0) is 28.8. The highest BCUT2D eigenvalue weighted by Gasteiger charge is 2.34. The van der Waals surface area contributed by atoms with E-state index < -0.39 is 18.4 Å². The molecule has 0 saturated heterocycles. The van der Waals surface area contributed by atoms with E-state index in [1.54, 1.807) is 44.2 Å². The van der Waals surface area contributed by atoms with E-state index in [9.17, 15) is 14.7 Å². The third-order valence-corrected chi connectivity index (χ3v) is 5.01. The topological polar surface area (TPSA) is 154 Å². The summed E-state index contributed by atoms with van der Waals surface area (Å²) >= 11 is 0. The van der Waals surface area contributed by atoms with Crippen LogP contribution in [0.1, 0.15) is 43.0 Å². The highest BCUT2D eigenvalue weighted by atomic mass is 16.4. The van der Waals surface area contributed by atoms with Crippen molar-refractivity contribution in [3.05, 3.63) is 101 Å². The van der Waals surface area contributed by atoms with Crippen molar-refractivity contribution >= 4 is 35.2 Å². The minimum Gasteiger partial charge on any atom is -0.505 e. The van der Waals surface area contributed by atoms with Gasteiger partial charge in [-0.25, -0.2) is 5.01 Å². The van der Waals surface area contributed by atoms with Gasteiger partial charge in [0.2, 0.25) is 0 Å². The van der Waals surface area contributed by atoms with Crippen molar-refractivity contribution in [2.75, 3.05) is 13.6 Å². The molecule has 202 valence electrons. The molecule has 0 saturated carbocycles. The Hall–Kier alpha value is -4.63. The van der Waals surface area contributed by atoms with Crippen LogP contribution in [0.2, 0.25) is 0 Å². The molecule has 0 radical (unpaired) electrons. The van der Waals surface area contributed by atoms with Crippen LogP contribution in [0, 0.1) is 6.92 Å². The minimum atomic E-state index is -1.20. The number of hydrazone groups is 1. The van der Waals surface area contributed by atoms with Gasteiger partial charge in [0.25, 0.3) is 5.91 Å². The summed E-state index contributed by atoms with van der Waals surface area (Å²) in [6.45, 7) is 10.6. The van der Waals surface area contributed by atoms with Gasteiger partial charge in [0, 0.05) is 28.6 Å². The fraction of sp³-hybridized carbons (Fsp3) is 0.207. The number of allylic oxidation sites excluding steroid dienone is 3. The van der Waals surface area contributed by atoms with Crippen LogP contribution in [-0.2, 0) is 9.59 Å². The number of nitrogens with zero attached hydrogens (tertiary/aromatic N) is 2. The van der Waals surface area contributed by atoms with Crippen molar-refractivity contribution in [2.45, 2.75) is 27.7 Å². The molecule has 3 rings (SSSR count). The number of nitrogens with one attached hydrogen (secondary N) is 1. The molecule has 7 N–H and O–H groups in total. The van der Waals surface area contributed by atoms with Gasteiger partial charge >= 0.3 is 5.97 Å². The summed E-state index contributed by atoms with van der Waals surface area (Å²) < 4.78 is 0. The van der Waals surface area contributed by atoms with Crippen molar-refractivity contribution in [1.29, 1.82) is 0 Å². The molecule has 1 aliphatic heterocycles. The zero-order valence-corrected chi connectivity index (χ0v) is 22.5. The van der Waals surface area contributed by atoms with E-state index in [4.69, 9.17) is 10.8 Å². The Morgan fingerprint density at radius 2 is 1.74 bits per heavy atom. The van der Waals surface area contributed by atoms with Crippen LogP contribution < -0.4 is 16.8 Å². The van der Waals surface area contributed by atoms with Crippen molar-refractivity contribution < 1.29 is 19.8 Å². The lowest BCUT2D eigenvalue weighted by Crippen LogP contribution is -2.37. The molecule has 9 heteroatoms. The number of nitrogens with two attached hydrogens (primary N) is 2. The SMILES string of the molecule is C=C(C)/C=C(\N)c1cccc2c1/C(=C\C)N(/N=C\C)C(C(=O)NCC(=O)O)=C2O.CN.Cc1ccccc1. The van der Waals surface area contributed by atoms with Gasteiger partial charge < -0.3 is 27.0 Å². The first-order valence-electron chi connectivity index (χ1n) is 11.9. The monoisotopic (exact) mass is 519 g/mol.